The molecular weight excluding hydrogens is 326 g/mol. The van der Waals surface area contributed by atoms with E-state index in [1.54, 1.807) is 24.3 Å². The summed E-state index contributed by atoms with van der Waals surface area (Å²) in [6.07, 6.45) is 3.11. The Labute approximate surface area is 152 Å². The molecule has 132 valence electrons. The van der Waals surface area contributed by atoms with Crippen LogP contribution in [0.4, 0.5) is 0 Å². The first-order valence-electron chi connectivity index (χ1n) is 8.48. The molecule has 1 aliphatic heterocycles. The first-order valence-corrected chi connectivity index (χ1v) is 8.48. The van der Waals surface area contributed by atoms with Crippen LogP contribution >= 0.6 is 0 Å². The number of carbonyl (C=O) groups excluding carboxylic acids is 2. The molecule has 0 fully saturated rings. The molecule has 0 atom stereocenters. The third-order valence-corrected chi connectivity index (χ3v) is 4.27. The zero-order chi connectivity index (χ0) is 18.7. The van der Waals surface area contributed by atoms with Crippen LogP contribution in [-0.4, -0.2) is 22.2 Å². The van der Waals surface area contributed by atoms with Crippen molar-refractivity contribution in [3.8, 4) is 0 Å². The van der Waals surface area contributed by atoms with Gasteiger partial charge < -0.3 is 10.4 Å². The van der Waals surface area contributed by atoms with Gasteiger partial charge in [0.05, 0.1) is 0 Å². The van der Waals surface area contributed by atoms with Crippen LogP contribution in [0.25, 0.3) is 11.5 Å². The Morgan fingerprint density at radius 3 is 2.38 bits per heavy atom. The average Bonchev–Trinajstić information content (AvgIpc) is 2.61. The van der Waals surface area contributed by atoms with Crippen molar-refractivity contribution in [2.24, 2.45) is 0 Å². The standard InChI is InChI=1S/C22H21NO3/c1-22(2)14-16-10-6-7-11-17(16)18(23-22)12-20(25)21(26)13-19(24)15-8-4-3-5-9-15/h3-13,23-24H,14H2,1-2H3/b18-12-,19-13-. The second-order valence-electron chi connectivity index (χ2n) is 7.02. The number of benzene rings is 2. The Morgan fingerprint density at radius 1 is 1.00 bits per heavy atom. The Morgan fingerprint density at radius 2 is 1.65 bits per heavy atom. The van der Waals surface area contributed by atoms with Crippen LogP contribution < -0.4 is 5.32 Å². The molecule has 26 heavy (non-hydrogen) atoms. The number of carbonyl (C=O) groups is 2. The molecule has 2 aromatic carbocycles. The molecule has 2 aromatic rings. The van der Waals surface area contributed by atoms with Crippen molar-refractivity contribution in [3.63, 3.8) is 0 Å². The number of nitrogens with one attached hydrogen (secondary N) is 1. The molecule has 0 aliphatic carbocycles. The number of aliphatic hydroxyl groups excluding tert-OH is 1. The van der Waals surface area contributed by atoms with Crippen LogP contribution in [0.1, 0.15) is 30.5 Å². The summed E-state index contributed by atoms with van der Waals surface area (Å²) in [5.74, 6) is -1.66. The van der Waals surface area contributed by atoms with E-state index in [0.29, 0.717) is 11.3 Å². The molecule has 0 saturated carbocycles. The molecule has 0 saturated heterocycles. The molecule has 0 unspecified atom stereocenters. The van der Waals surface area contributed by atoms with E-state index in [0.717, 1.165) is 23.6 Å². The molecule has 0 radical (unpaired) electrons. The quantitative estimate of drug-likeness (QED) is 0.503. The maximum Gasteiger partial charge on any atom is 0.229 e. The van der Waals surface area contributed by atoms with Gasteiger partial charge in [-0.2, -0.15) is 0 Å². The van der Waals surface area contributed by atoms with Gasteiger partial charge in [-0.1, -0.05) is 54.6 Å². The second-order valence-corrected chi connectivity index (χ2v) is 7.02. The summed E-state index contributed by atoms with van der Waals surface area (Å²) in [7, 11) is 0. The van der Waals surface area contributed by atoms with Gasteiger partial charge in [0.1, 0.15) is 5.76 Å². The van der Waals surface area contributed by atoms with Gasteiger partial charge >= 0.3 is 0 Å². The average molecular weight is 347 g/mol. The molecular formula is C22H21NO3. The molecule has 4 nitrogen and oxygen atoms in total. The molecule has 2 N–H and O–H groups in total. The highest BCUT2D eigenvalue weighted by Gasteiger charge is 2.28. The van der Waals surface area contributed by atoms with Crippen molar-refractivity contribution in [1.82, 2.24) is 5.32 Å². The van der Waals surface area contributed by atoms with Gasteiger partial charge in [-0.05, 0) is 25.8 Å². The minimum absolute atomic E-state index is 0.217. The first-order chi connectivity index (χ1) is 12.4. The number of ketones is 2. The summed E-state index contributed by atoms with van der Waals surface area (Å²) in [5.41, 5.74) is 2.95. The van der Waals surface area contributed by atoms with Crippen molar-refractivity contribution in [1.29, 1.82) is 0 Å². The SMILES string of the molecule is CC1(C)Cc2ccccc2/C(=C/C(=O)C(=O)/C=C(\O)c2ccccc2)N1. The summed E-state index contributed by atoms with van der Waals surface area (Å²) in [4.78, 5) is 24.6. The van der Waals surface area contributed by atoms with Crippen LogP contribution in [0.5, 0.6) is 0 Å². The Bertz CT molecular complexity index is 908. The Balaban J connectivity index is 1.87. The van der Waals surface area contributed by atoms with Crippen LogP contribution in [0.3, 0.4) is 0 Å². The van der Waals surface area contributed by atoms with Crippen LogP contribution in [0.2, 0.25) is 0 Å². The third kappa shape index (κ3) is 3.91. The zero-order valence-electron chi connectivity index (χ0n) is 14.8. The largest absolute Gasteiger partial charge is 0.507 e. The van der Waals surface area contributed by atoms with E-state index in [1.165, 1.54) is 6.08 Å². The van der Waals surface area contributed by atoms with Crippen molar-refractivity contribution < 1.29 is 14.7 Å². The number of allylic oxidation sites excluding steroid dienone is 2. The van der Waals surface area contributed by atoms with E-state index in [-0.39, 0.29) is 11.3 Å². The Hall–Kier alpha value is -3.14. The monoisotopic (exact) mass is 347 g/mol. The highest BCUT2D eigenvalue weighted by atomic mass is 16.3. The van der Waals surface area contributed by atoms with E-state index in [2.05, 4.69) is 5.32 Å². The number of hydrogen-bond donors (Lipinski definition) is 2. The maximum absolute atomic E-state index is 12.4. The number of hydrogen-bond acceptors (Lipinski definition) is 4. The van der Waals surface area contributed by atoms with E-state index >= 15 is 0 Å². The molecule has 0 spiro atoms. The number of fused-ring (bicyclic) bond motifs is 1. The lowest BCUT2D eigenvalue weighted by Gasteiger charge is -2.35. The van der Waals surface area contributed by atoms with Gasteiger partial charge in [0.2, 0.25) is 11.6 Å². The highest BCUT2D eigenvalue weighted by molar-refractivity contribution is 6.47. The highest BCUT2D eigenvalue weighted by Crippen LogP contribution is 2.29. The van der Waals surface area contributed by atoms with E-state index < -0.39 is 11.6 Å². The zero-order valence-corrected chi connectivity index (χ0v) is 14.8. The minimum Gasteiger partial charge on any atom is -0.507 e. The molecule has 1 aliphatic rings. The fourth-order valence-corrected chi connectivity index (χ4v) is 3.09. The van der Waals surface area contributed by atoms with Crippen molar-refractivity contribution >= 4 is 23.0 Å². The van der Waals surface area contributed by atoms with Crippen molar-refractivity contribution in [3.05, 3.63) is 83.4 Å². The topological polar surface area (TPSA) is 66.4 Å². The normalized spacial score (nSPS) is 17.3. The van der Waals surface area contributed by atoms with Crippen molar-refractivity contribution in [2.75, 3.05) is 0 Å². The summed E-state index contributed by atoms with van der Waals surface area (Å²) in [6.45, 7) is 4.09. The third-order valence-electron chi connectivity index (χ3n) is 4.27. The predicted octanol–water partition coefficient (Wildman–Crippen LogP) is 3.69. The summed E-state index contributed by atoms with van der Waals surface area (Å²) in [6, 6.07) is 16.5. The van der Waals surface area contributed by atoms with Crippen LogP contribution in [0.15, 0.2) is 66.7 Å². The summed E-state index contributed by atoms with van der Waals surface area (Å²) < 4.78 is 0. The molecule has 0 bridgehead atoms. The second kappa shape index (κ2) is 7.00. The molecule has 0 aromatic heterocycles. The molecule has 1 heterocycles. The lowest BCUT2D eigenvalue weighted by Crippen LogP contribution is -2.44. The number of aliphatic hydroxyl groups is 1. The lowest BCUT2D eigenvalue weighted by atomic mass is 9.85. The molecule has 3 rings (SSSR count). The maximum atomic E-state index is 12.4. The predicted molar refractivity (Wildman–Crippen MR) is 102 cm³/mol. The van der Waals surface area contributed by atoms with Gasteiger partial charge in [-0.15, -0.1) is 0 Å². The van der Waals surface area contributed by atoms with Gasteiger partial charge in [-0.25, -0.2) is 0 Å². The van der Waals surface area contributed by atoms with E-state index in [4.69, 9.17) is 0 Å². The van der Waals surface area contributed by atoms with Crippen LogP contribution in [0, 0.1) is 0 Å². The van der Waals surface area contributed by atoms with E-state index in [9.17, 15) is 14.7 Å². The van der Waals surface area contributed by atoms with Gasteiger partial charge in [0.25, 0.3) is 0 Å². The fraction of sp³-hybridized carbons (Fsp3) is 0.182. The number of rotatable bonds is 4. The lowest BCUT2D eigenvalue weighted by molar-refractivity contribution is -0.130. The van der Waals surface area contributed by atoms with Gasteiger partial charge in [-0.3, -0.25) is 9.59 Å². The smallest absolute Gasteiger partial charge is 0.229 e. The summed E-state index contributed by atoms with van der Waals surface area (Å²) >= 11 is 0. The Kier molecular flexibility index (Phi) is 4.76. The molecule has 4 heteroatoms. The minimum atomic E-state index is -0.762. The van der Waals surface area contributed by atoms with Crippen molar-refractivity contribution in [2.45, 2.75) is 25.8 Å². The van der Waals surface area contributed by atoms with Gasteiger partial charge in [0.15, 0.2) is 0 Å². The fourth-order valence-electron chi connectivity index (χ4n) is 3.09. The van der Waals surface area contributed by atoms with Crippen LogP contribution in [-0.2, 0) is 16.0 Å². The van der Waals surface area contributed by atoms with Gasteiger partial charge in [0, 0.05) is 34.5 Å². The molecule has 0 amide bonds. The van der Waals surface area contributed by atoms with E-state index in [1.807, 2.05) is 44.2 Å². The summed E-state index contributed by atoms with van der Waals surface area (Å²) in [5, 5.41) is 13.4. The first kappa shape index (κ1) is 17.7.